The average Bonchev–Trinajstić information content (AvgIpc) is 3.22. The highest BCUT2D eigenvalue weighted by Crippen LogP contribution is 2.36. The van der Waals surface area contributed by atoms with Gasteiger partial charge in [0.2, 0.25) is 15.9 Å². The topological polar surface area (TPSA) is 111 Å². The molecule has 0 spiro atoms. The molecule has 2 aromatic carbocycles. The van der Waals surface area contributed by atoms with Crippen LogP contribution in [0.25, 0.3) is 0 Å². The van der Waals surface area contributed by atoms with Gasteiger partial charge in [0.25, 0.3) is 0 Å². The number of sulfonamides is 1. The van der Waals surface area contributed by atoms with Crippen molar-refractivity contribution in [3.8, 4) is 5.75 Å². The van der Waals surface area contributed by atoms with Crippen LogP contribution in [0.2, 0.25) is 0 Å². The molecule has 33 heavy (non-hydrogen) atoms. The van der Waals surface area contributed by atoms with Crippen LogP contribution < -0.4 is 20.5 Å². The van der Waals surface area contributed by atoms with Gasteiger partial charge < -0.3 is 15.4 Å². The van der Waals surface area contributed by atoms with Crippen molar-refractivity contribution in [3.63, 3.8) is 0 Å². The molecule has 0 unspecified atom stereocenters. The summed E-state index contributed by atoms with van der Waals surface area (Å²) in [7, 11) is -2.12. The fraction of sp³-hybridized carbons (Fsp3) is 0.458. The van der Waals surface area contributed by atoms with Crippen LogP contribution in [0, 0.1) is 5.82 Å². The second kappa shape index (κ2) is 11.1. The predicted molar refractivity (Wildman–Crippen MR) is 126 cm³/mol. The molecule has 0 saturated heterocycles. The molecule has 1 aliphatic rings. The summed E-state index contributed by atoms with van der Waals surface area (Å²) in [6.45, 7) is 2.08. The van der Waals surface area contributed by atoms with Gasteiger partial charge in [0.05, 0.1) is 19.3 Å². The quantitative estimate of drug-likeness (QED) is 0.487. The van der Waals surface area contributed by atoms with Crippen molar-refractivity contribution in [2.24, 2.45) is 5.14 Å². The Morgan fingerprint density at radius 1 is 1.21 bits per heavy atom. The monoisotopic (exact) mass is 477 g/mol. The lowest BCUT2D eigenvalue weighted by Crippen LogP contribution is -2.32. The van der Waals surface area contributed by atoms with Gasteiger partial charge in [0.1, 0.15) is 0 Å². The Bertz CT molecular complexity index is 1060. The number of amides is 1. The Kier molecular flexibility index (Phi) is 8.45. The number of carbonyl (C=O) groups is 1. The highest BCUT2D eigenvalue weighted by molar-refractivity contribution is 7.89. The summed E-state index contributed by atoms with van der Waals surface area (Å²) in [5.74, 6) is -0.178. The molecule has 0 radical (unpaired) electrons. The van der Waals surface area contributed by atoms with E-state index in [-0.39, 0.29) is 42.2 Å². The fourth-order valence-electron chi connectivity index (χ4n) is 4.32. The molecule has 3 atom stereocenters. The van der Waals surface area contributed by atoms with E-state index in [0.29, 0.717) is 12.0 Å². The van der Waals surface area contributed by atoms with Crippen LogP contribution in [0.5, 0.6) is 5.75 Å². The molecule has 0 bridgehead atoms. The number of hydrogen-bond acceptors (Lipinski definition) is 5. The normalized spacial score (nSPS) is 19.3. The third-order valence-electron chi connectivity index (χ3n) is 6.12. The summed E-state index contributed by atoms with van der Waals surface area (Å²) < 4.78 is 40.6. The minimum Gasteiger partial charge on any atom is -0.494 e. The molecule has 0 heterocycles. The number of nitrogens with two attached hydrogens (primary N) is 1. The molecule has 2 aromatic rings. The van der Waals surface area contributed by atoms with Crippen LogP contribution >= 0.6 is 0 Å². The molecule has 1 saturated carbocycles. The van der Waals surface area contributed by atoms with E-state index in [4.69, 9.17) is 9.88 Å². The van der Waals surface area contributed by atoms with Crippen molar-refractivity contribution in [1.82, 2.24) is 10.6 Å². The minimum atomic E-state index is -3.58. The van der Waals surface area contributed by atoms with Gasteiger partial charge >= 0.3 is 0 Å². The number of rotatable bonds is 10. The van der Waals surface area contributed by atoms with Crippen molar-refractivity contribution < 1.29 is 22.3 Å². The number of carbonyl (C=O) groups excluding carboxylic acids is 1. The highest BCUT2D eigenvalue weighted by Gasteiger charge is 2.27. The number of primary sulfonamides is 1. The summed E-state index contributed by atoms with van der Waals surface area (Å²) in [5.41, 5.74) is 3.11. The SMILES string of the molecule is COc1cc([C@@H](C)N[C@H]2CC[C@@H](c3ccc(CC(=O)NCCS(N)(=O)=O)cc3)C2)ccc1F. The Hall–Kier alpha value is -2.49. The Morgan fingerprint density at radius 3 is 2.61 bits per heavy atom. The Morgan fingerprint density at radius 2 is 1.94 bits per heavy atom. The molecule has 1 fully saturated rings. The molecule has 7 nitrogen and oxygen atoms in total. The second-order valence-electron chi connectivity index (χ2n) is 8.62. The van der Waals surface area contributed by atoms with Crippen LogP contribution in [0.1, 0.15) is 54.8 Å². The molecule has 4 N–H and O–H groups in total. The maximum atomic E-state index is 13.7. The fourth-order valence-corrected chi connectivity index (χ4v) is 4.71. The van der Waals surface area contributed by atoms with Crippen LogP contribution in [0.15, 0.2) is 42.5 Å². The van der Waals surface area contributed by atoms with Gasteiger partial charge in [0, 0.05) is 18.6 Å². The standard InChI is InChI=1S/C24H32FN3O4S/c1-16(19-8-10-22(25)23(15-19)32-2)28-21-9-7-20(14-21)18-5-3-17(4-6-18)13-24(29)27-11-12-33(26,30)31/h3-6,8,10,15-16,20-21,28H,7,9,11-14H2,1-2H3,(H,27,29)(H2,26,30,31)/t16-,20-,21+/m1/s1. The first-order chi connectivity index (χ1) is 15.6. The number of hydrogen-bond donors (Lipinski definition) is 3. The number of benzene rings is 2. The zero-order chi connectivity index (χ0) is 24.0. The predicted octanol–water partition coefficient (Wildman–Crippen LogP) is 2.77. The maximum Gasteiger partial charge on any atom is 0.224 e. The van der Waals surface area contributed by atoms with Gasteiger partial charge in [-0.3, -0.25) is 4.79 Å². The molecule has 9 heteroatoms. The van der Waals surface area contributed by atoms with E-state index in [2.05, 4.69) is 29.7 Å². The lowest BCUT2D eigenvalue weighted by atomic mass is 9.95. The minimum absolute atomic E-state index is 0.00926. The van der Waals surface area contributed by atoms with Crippen molar-refractivity contribution in [1.29, 1.82) is 0 Å². The largest absolute Gasteiger partial charge is 0.494 e. The van der Waals surface area contributed by atoms with Gasteiger partial charge in [-0.1, -0.05) is 30.3 Å². The number of nitrogens with one attached hydrogen (secondary N) is 2. The first-order valence-corrected chi connectivity index (χ1v) is 12.8. The summed E-state index contributed by atoms with van der Waals surface area (Å²) in [4.78, 5) is 12.0. The molecular formula is C24H32FN3O4S. The van der Waals surface area contributed by atoms with E-state index in [9.17, 15) is 17.6 Å². The number of halogens is 1. The molecule has 0 aliphatic heterocycles. The van der Waals surface area contributed by atoms with Crippen molar-refractivity contribution >= 4 is 15.9 Å². The third-order valence-corrected chi connectivity index (χ3v) is 6.89. The Labute approximate surface area is 195 Å². The van der Waals surface area contributed by atoms with Crippen LogP contribution in [-0.4, -0.2) is 39.8 Å². The maximum absolute atomic E-state index is 13.7. The van der Waals surface area contributed by atoms with Crippen LogP contribution in [0.3, 0.4) is 0 Å². The van der Waals surface area contributed by atoms with Crippen LogP contribution in [-0.2, 0) is 21.2 Å². The van der Waals surface area contributed by atoms with Crippen molar-refractivity contribution in [2.45, 2.75) is 50.6 Å². The zero-order valence-corrected chi connectivity index (χ0v) is 19.8. The lowest BCUT2D eigenvalue weighted by Gasteiger charge is -2.21. The van der Waals surface area contributed by atoms with E-state index in [1.807, 2.05) is 12.1 Å². The third kappa shape index (κ3) is 7.52. The van der Waals surface area contributed by atoms with Crippen molar-refractivity contribution in [3.05, 3.63) is 65.0 Å². The van der Waals surface area contributed by atoms with Gasteiger partial charge in [-0.25, -0.2) is 17.9 Å². The molecule has 180 valence electrons. The van der Waals surface area contributed by atoms with E-state index in [0.717, 1.165) is 30.4 Å². The molecule has 3 rings (SSSR count). The first kappa shape index (κ1) is 25.1. The van der Waals surface area contributed by atoms with Crippen LogP contribution in [0.4, 0.5) is 4.39 Å². The van der Waals surface area contributed by atoms with Gasteiger partial charge in [-0.2, -0.15) is 0 Å². The van der Waals surface area contributed by atoms with Crippen molar-refractivity contribution in [2.75, 3.05) is 19.4 Å². The van der Waals surface area contributed by atoms with E-state index in [1.54, 1.807) is 12.1 Å². The Balaban J connectivity index is 1.49. The summed E-state index contributed by atoms with van der Waals surface area (Å²) in [6.07, 6.45) is 3.33. The summed E-state index contributed by atoms with van der Waals surface area (Å²) in [5, 5.41) is 11.2. The molecule has 1 amide bonds. The molecular weight excluding hydrogens is 445 g/mol. The zero-order valence-electron chi connectivity index (χ0n) is 19.0. The summed E-state index contributed by atoms with van der Waals surface area (Å²) in [6, 6.07) is 13.4. The number of ether oxygens (including phenoxy) is 1. The average molecular weight is 478 g/mol. The summed E-state index contributed by atoms with van der Waals surface area (Å²) >= 11 is 0. The van der Waals surface area contributed by atoms with E-state index in [1.165, 1.54) is 18.7 Å². The smallest absolute Gasteiger partial charge is 0.224 e. The van der Waals surface area contributed by atoms with Gasteiger partial charge in [-0.15, -0.1) is 0 Å². The second-order valence-corrected chi connectivity index (χ2v) is 10.4. The number of methoxy groups -OCH3 is 1. The van der Waals surface area contributed by atoms with Gasteiger partial charge in [0.15, 0.2) is 11.6 Å². The first-order valence-electron chi connectivity index (χ1n) is 11.1. The lowest BCUT2D eigenvalue weighted by molar-refractivity contribution is -0.120. The molecule has 0 aromatic heterocycles. The van der Waals surface area contributed by atoms with E-state index < -0.39 is 10.0 Å². The highest BCUT2D eigenvalue weighted by atomic mass is 32.2. The van der Waals surface area contributed by atoms with E-state index >= 15 is 0 Å². The molecule has 1 aliphatic carbocycles. The van der Waals surface area contributed by atoms with Gasteiger partial charge in [-0.05, 0) is 60.9 Å².